The van der Waals surface area contributed by atoms with Crippen LogP contribution in [0.2, 0.25) is 15.1 Å². The Morgan fingerprint density at radius 2 is 1.90 bits per heavy atom. The lowest BCUT2D eigenvalue weighted by molar-refractivity contribution is 0.104. The zero-order chi connectivity index (χ0) is 21.1. The molecular weight excluding hydrogens is 431 g/mol. The fourth-order valence-electron chi connectivity index (χ4n) is 2.97. The minimum Gasteiger partial charge on any atom is -0.496 e. The van der Waals surface area contributed by atoms with E-state index < -0.39 is 0 Å². The zero-order valence-electron chi connectivity index (χ0n) is 16.2. The topological polar surface area (TPSA) is 44.1 Å². The Morgan fingerprint density at radius 1 is 1.14 bits per heavy atom. The first kappa shape index (κ1) is 21.4. The van der Waals surface area contributed by atoms with Crippen LogP contribution >= 0.6 is 34.8 Å². The summed E-state index contributed by atoms with van der Waals surface area (Å²) in [4.78, 5) is 12.5. The number of halogens is 3. The Hall–Kier alpha value is -2.27. The van der Waals surface area contributed by atoms with Crippen molar-refractivity contribution in [1.29, 1.82) is 0 Å². The second-order valence-electron chi connectivity index (χ2n) is 6.54. The number of hydrogen-bond donors (Lipinski definition) is 0. The van der Waals surface area contributed by atoms with Gasteiger partial charge in [0.2, 0.25) is 0 Å². The summed E-state index contributed by atoms with van der Waals surface area (Å²) in [6.45, 7) is 4.30. The SMILES string of the molecule is COc1ccc(/C=C/C(=O)c2ccc(Cl)cc2Cl)cc1Cn1nc(C)c(Cl)c1C. The lowest BCUT2D eigenvalue weighted by Crippen LogP contribution is -2.06. The fourth-order valence-corrected chi connectivity index (χ4v) is 3.60. The van der Waals surface area contributed by atoms with Crippen molar-refractivity contribution in [2.24, 2.45) is 0 Å². The van der Waals surface area contributed by atoms with Crippen LogP contribution < -0.4 is 4.74 Å². The number of nitrogens with zero attached hydrogens (tertiary/aromatic N) is 2. The molecule has 7 heteroatoms. The smallest absolute Gasteiger partial charge is 0.187 e. The molecule has 0 bridgehead atoms. The average Bonchev–Trinajstić information content (AvgIpc) is 2.93. The van der Waals surface area contributed by atoms with E-state index >= 15 is 0 Å². The summed E-state index contributed by atoms with van der Waals surface area (Å²) >= 11 is 18.3. The van der Waals surface area contributed by atoms with Crippen molar-refractivity contribution in [2.75, 3.05) is 7.11 Å². The molecule has 0 aliphatic carbocycles. The molecule has 0 atom stereocenters. The molecule has 29 heavy (non-hydrogen) atoms. The molecule has 4 nitrogen and oxygen atoms in total. The first-order valence-electron chi connectivity index (χ1n) is 8.84. The number of ether oxygens (including phenoxy) is 1. The van der Waals surface area contributed by atoms with Gasteiger partial charge in [0.1, 0.15) is 5.75 Å². The van der Waals surface area contributed by atoms with E-state index in [2.05, 4.69) is 5.10 Å². The molecule has 0 aliphatic heterocycles. The number of carbonyl (C=O) groups is 1. The maximum absolute atomic E-state index is 12.5. The molecular formula is C22H19Cl3N2O2. The lowest BCUT2D eigenvalue weighted by Gasteiger charge is -2.11. The summed E-state index contributed by atoms with van der Waals surface area (Å²) in [7, 11) is 1.62. The average molecular weight is 450 g/mol. The van der Waals surface area contributed by atoms with Gasteiger partial charge in [0, 0.05) is 16.1 Å². The van der Waals surface area contributed by atoms with Crippen molar-refractivity contribution < 1.29 is 9.53 Å². The Morgan fingerprint density at radius 3 is 2.52 bits per heavy atom. The predicted octanol–water partition coefficient (Wildman–Crippen LogP) is 6.41. The maximum Gasteiger partial charge on any atom is 0.187 e. The predicted molar refractivity (Wildman–Crippen MR) is 119 cm³/mol. The van der Waals surface area contributed by atoms with Crippen molar-refractivity contribution in [2.45, 2.75) is 20.4 Å². The molecule has 3 rings (SSSR count). The van der Waals surface area contributed by atoms with Crippen LogP contribution in [-0.2, 0) is 6.54 Å². The van der Waals surface area contributed by atoms with Crippen molar-refractivity contribution in [3.63, 3.8) is 0 Å². The van der Waals surface area contributed by atoms with Gasteiger partial charge in [-0.3, -0.25) is 9.48 Å². The van der Waals surface area contributed by atoms with Gasteiger partial charge in [0.15, 0.2) is 5.78 Å². The number of ketones is 1. The van der Waals surface area contributed by atoms with Crippen molar-refractivity contribution >= 4 is 46.7 Å². The van der Waals surface area contributed by atoms with Gasteiger partial charge in [-0.2, -0.15) is 5.10 Å². The number of benzene rings is 2. The highest BCUT2D eigenvalue weighted by Crippen LogP contribution is 2.26. The van der Waals surface area contributed by atoms with E-state index in [-0.39, 0.29) is 5.78 Å². The monoisotopic (exact) mass is 448 g/mol. The molecule has 150 valence electrons. The third-order valence-electron chi connectivity index (χ3n) is 4.54. The molecule has 0 radical (unpaired) electrons. The Balaban J connectivity index is 1.87. The molecule has 0 amide bonds. The van der Waals surface area contributed by atoms with Gasteiger partial charge < -0.3 is 4.74 Å². The highest BCUT2D eigenvalue weighted by atomic mass is 35.5. The van der Waals surface area contributed by atoms with E-state index in [0.29, 0.717) is 27.2 Å². The number of rotatable bonds is 6. The van der Waals surface area contributed by atoms with Crippen LogP contribution in [0, 0.1) is 13.8 Å². The van der Waals surface area contributed by atoms with Crippen LogP contribution in [0.15, 0.2) is 42.5 Å². The van der Waals surface area contributed by atoms with Gasteiger partial charge in [0.05, 0.1) is 35.1 Å². The molecule has 0 unspecified atom stereocenters. The van der Waals surface area contributed by atoms with Crippen LogP contribution in [0.5, 0.6) is 5.75 Å². The van der Waals surface area contributed by atoms with E-state index in [0.717, 1.165) is 28.3 Å². The molecule has 2 aromatic carbocycles. The molecule has 0 N–H and O–H groups in total. The molecule has 0 saturated heterocycles. The highest BCUT2D eigenvalue weighted by molar-refractivity contribution is 6.37. The fraction of sp³-hybridized carbons (Fsp3) is 0.182. The summed E-state index contributed by atoms with van der Waals surface area (Å²) < 4.78 is 7.31. The lowest BCUT2D eigenvalue weighted by atomic mass is 10.1. The van der Waals surface area contributed by atoms with Gasteiger partial charge in [-0.25, -0.2) is 0 Å². The van der Waals surface area contributed by atoms with Crippen molar-refractivity contribution in [1.82, 2.24) is 9.78 Å². The van der Waals surface area contributed by atoms with Crippen LogP contribution in [0.1, 0.15) is 32.9 Å². The van der Waals surface area contributed by atoms with E-state index in [1.54, 1.807) is 31.4 Å². The maximum atomic E-state index is 12.5. The number of methoxy groups -OCH3 is 1. The number of carbonyl (C=O) groups excluding carboxylic acids is 1. The minimum absolute atomic E-state index is 0.200. The Bertz CT molecular complexity index is 1100. The number of allylic oxidation sites excluding steroid dienone is 1. The molecule has 0 saturated carbocycles. The van der Waals surface area contributed by atoms with Crippen LogP contribution in [-0.4, -0.2) is 22.7 Å². The Labute approximate surface area is 184 Å². The van der Waals surface area contributed by atoms with Gasteiger partial charge >= 0.3 is 0 Å². The highest BCUT2D eigenvalue weighted by Gasteiger charge is 2.12. The molecule has 0 aliphatic rings. The molecule has 0 fully saturated rings. The van der Waals surface area contributed by atoms with Gasteiger partial charge in [-0.15, -0.1) is 0 Å². The Kier molecular flexibility index (Phi) is 6.68. The second-order valence-corrected chi connectivity index (χ2v) is 7.76. The summed E-state index contributed by atoms with van der Waals surface area (Å²) in [5.74, 6) is 0.534. The van der Waals surface area contributed by atoms with E-state index in [4.69, 9.17) is 39.5 Å². The van der Waals surface area contributed by atoms with Crippen LogP contribution in [0.4, 0.5) is 0 Å². The van der Waals surface area contributed by atoms with Crippen molar-refractivity contribution in [3.05, 3.63) is 85.6 Å². The minimum atomic E-state index is -0.200. The largest absolute Gasteiger partial charge is 0.496 e. The first-order valence-corrected chi connectivity index (χ1v) is 9.97. The first-order chi connectivity index (χ1) is 13.8. The van der Waals surface area contributed by atoms with Crippen LogP contribution in [0.3, 0.4) is 0 Å². The van der Waals surface area contributed by atoms with E-state index in [1.807, 2.05) is 36.7 Å². The van der Waals surface area contributed by atoms with Crippen LogP contribution in [0.25, 0.3) is 6.08 Å². The van der Waals surface area contributed by atoms with Gasteiger partial charge in [-0.05, 0) is 55.8 Å². The summed E-state index contributed by atoms with van der Waals surface area (Å²) in [6, 6.07) is 10.5. The van der Waals surface area contributed by atoms with Crippen molar-refractivity contribution in [3.8, 4) is 5.75 Å². The normalized spacial score (nSPS) is 11.2. The molecule has 1 heterocycles. The quantitative estimate of drug-likeness (QED) is 0.322. The van der Waals surface area contributed by atoms with Gasteiger partial charge in [-0.1, -0.05) is 46.9 Å². The number of aromatic nitrogens is 2. The third-order valence-corrected chi connectivity index (χ3v) is 5.64. The summed E-state index contributed by atoms with van der Waals surface area (Å²) in [5.41, 5.74) is 3.85. The number of hydrogen-bond acceptors (Lipinski definition) is 3. The number of aryl methyl sites for hydroxylation is 1. The molecule has 0 spiro atoms. The second kappa shape index (κ2) is 9.04. The zero-order valence-corrected chi connectivity index (χ0v) is 18.4. The van der Waals surface area contributed by atoms with E-state index in [9.17, 15) is 4.79 Å². The summed E-state index contributed by atoms with van der Waals surface area (Å²) in [6.07, 6.45) is 3.23. The summed E-state index contributed by atoms with van der Waals surface area (Å²) in [5, 5.41) is 5.94. The standard InChI is InChI=1S/C22H19Cl3N2O2/c1-13-22(25)14(2)27(26-13)12-16-10-15(5-9-21(16)29-3)4-8-20(28)18-7-6-17(23)11-19(18)24/h4-11H,12H2,1-3H3/b8-4+. The third kappa shape index (κ3) is 4.84. The molecule has 1 aromatic heterocycles. The molecule has 3 aromatic rings. The van der Waals surface area contributed by atoms with E-state index in [1.165, 1.54) is 6.08 Å². The van der Waals surface area contributed by atoms with Gasteiger partial charge in [0.25, 0.3) is 0 Å².